The molecule has 0 aliphatic carbocycles. The number of thioether (sulfide) groups is 1. The summed E-state index contributed by atoms with van der Waals surface area (Å²) in [7, 11) is -3.14. The number of hydrogen-bond donors (Lipinski definition) is 2. The van der Waals surface area contributed by atoms with Gasteiger partial charge in [0.1, 0.15) is 0 Å². The van der Waals surface area contributed by atoms with Crippen molar-refractivity contribution in [2.45, 2.75) is 51.6 Å². The zero-order chi connectivity index (χ0) is 13.4. The molecule has 6 heteroatoms. The fourth-order valence-electron chi connectivity index (χ4n) is 2.15. The Labute approximate surface area is 116 Å². The molecule has 0 radical (unpaired) electrons. The molecule has 1 rings (SSSR count). The molecule has 1 aliphatic heterocycles. The molecule has 4 nitrogen and oxygen atoms in total. The SMILES string of the molecule is CCSCCC(C)NS(=O)(=O)CC1CCCCN1. The summed E-state index contributed by atoms with van der Waals surface area (Å²) < 4.78 is 26.7. The van der Waals surface area contributed by atoms with Crippen molar-refractivity contribution in [3.05, 3.63) is 0 Å². The van der Waals surface area contributed by atoms with E-state index in [1.807, 2.05) is 18.7 Å². The molecule has 2 N–H and O–H groups in total. The van der Waals surface area contributed by atoms with Crippen molar-refractivity contribution in [3.8, 4) is 0 Å². The summed E-state index contributed by atoms with van der Waals surface area (Å²) in [6, 6.07) is 0.172. The van der Waals surface area contributed by atoms with Gasteiger partial charge in [0.25, 0.3) is 0 Å². The summed E-state index contributed by atoms with van der Waals surface area (Å²) in [6.45, 7) is 5.01. The van der Waals surface area contributed by atoms with Gasteiger partial charge in [-0.05, 0) is 44.2 Å². The molecule has 2 unspecified atom stereocenters. The van der Waals surface area contributed by atoms with Crippen LogP contribution in [0.2, 0.25) is 0 Å². The topological polar surface area (TPSA) is 58.2 Å². The zero-order valence-electron chi connectivity index (χ0n) is 11.4. The lowest BCUT2D eigenvalue weighted by Gasteiger charge is -2.24. The fourth-order valence-corrected chi connectivity index (χ4v) is 4.60. The highest BCUT2D eigenvalue weighted by Crippen LogP contribution is 2.10. The van der Waals surface area contributed by atoms with E-state index in [2.05, 4.69) is 17.0 Å². The number of nitrogens with one attached hydrogen (secondary N) is 2. The van der Waals surface area contributed by atoms with Gasteiger partial charge in [-0.2, -0.15) is 11.8 Å². The van der Waals surface area contributed by atoms with Crippen LogP contribution in [0.25, 0.3) is 0 Å². The van der Waals surface area contributed by atoms with Gasteiger partial charge in [0, 0.05) is 12.1 Å². The predicted octanol–water partition coefficient (Wildman–Crippen LogP) is 1.58. The van der Waals surface area contributed by atoms with Gasteiger partial charge in [-0.3, -0.25) is 0 Å². The van der Waals surface area contributed by atoms with Crippen LogP contribution in [0, 0.1) is 0 Å². The van der Waals surface area contributed by atoms with E-state index in [-0.39, 0.29) is 17.8 Å². The Morgan fingerprint density at radius 2 is 2.22 bits per heavy atom. The van der Waals surface area contributed by atoms with E-state index >= 15 is 0 Å². The molecule has 18 heavy (non-hydrogen) atoms. The predicted molar refractivity (Wildman–Crippen MR) is 79.6 cm³/mol. The van der Waals surface area contributed by atoms with Crippen LogP contribution in [0.5, 0.6) is 0 Å². The quantitative estimate of drug-likeness (QED) is 0.667. The third-order valence-electron chi connectivity index (χ3n) is 3.11. The normalized spacial score (nSPS) is 22.9. The first-order valence-corrected chi connectivity index (χ1v) is 9.65. The molecule has 0 saturated carbocycles. The van der Waals surface area contributed by atoms with E-state index in [0.717, 1.165) is 43.7 Å². The maximum Gasteiger partial charge on any atom is 0.213 e. The Morgan fingerprint density at radius 3 is 2.83 bits per heavy atom. The maximum atomic E-state index is 12.0. The van der Waals surface area contributed by atoms with Crippen LogP contribution >= 0.6 is 11.8 Å². The van der Waals surface area contributed by atoms with Gasteiger partial charge in [0.2, 0.25) is 10.0 Å². The van der Waals surface area contributed by atoms with Crippen molar-refractivity contribution in [2.75, 3.05) is 23.8 Å². The maximum absolute atomic E-state index is 12.0. The zero-order valence-corrected chi connectivity index (χ0v) is 13.1. The van der Waals surface area contributed by atoms with Gasteiger partial charge in [-0.15, -0.1) is 0 Å². The molecule has 0 bridgehead atoms. The summed E-state index contributed by atoms with van der Waals surface area (Å²) in [6.07, 6.45) is 4.17. The Bertz CT molecular complexity index is 314. The molecule has 1 saturated heterocycles. The highest BCUT2D eigenvalue weighted by Gasteiger charge is 2.22. The molecule has 1 fully saturated rings. The van der Waals surface area contributed by atoms with Crippen molar-refractivity contribution in [1.29, 1.82) is 0 Å². The van der Waals surface area contributed by atoms with E-state index in [1.165, 1.54) is 0 Å². The van der Waals surface area contributed by atoms with Gasteiger partial charge in [-0.1, -0.05) is 13.3 Å². The number of hydrogen-bond acceptors (Lipinski definition) is 4. The van der Waals surface area contributed by atoms with Crippen molar-refractivity contribution >= 4 is 21.8 Å². The molecule has 0 aromatic heterocycles. The average Bonchev–Trinajstić information content (AvgIpc) is 2.29. The van der Waals surface area contributed by atoms with Crippen LogP contribution < -0.4 is 10.0 Å². The summed E-state index contributed by atoms with van der Waals surface area (Å²) in [5.74, 6) is 2.32. The molecule has 0 spiro atoms. The third-order valence-corrected chi connectivity index (χ3v) is 5.65. The summed E-state index contributed by atoms with van der Waals surface area (Å²) in [5, 5.41) is 3.28. The second-order valence-corrected chi connectivity index (χ2v) is 8.13. The molecule has 108 valence electrons. The van der Waals surface area contributed by atoms with Gasteiger partial charge >= 0.3 is 0 Å². The Balaban J connectivity index is 2.29. The summed E-state index contributed by atoms with van der Waals surface area (Å²) in [5.41, 5.74) is 0. The summed E-state index contributed by atoms with van der Waals surface area (Å²) >= 11 is 1.85. The lowest BCUT2D eigenvalue weighted by atomic mass is 10.1. The van der Waals surface area contributed by atoms with Gasteiger partial charge in [-0.25, -0.2) is 13.1 Å². The number of rotatable bonds is 8. The second kappa shape index (κ2) is 8.40. The first-order chi connectivity index (χ1) is 8.53. The van der Waals surface area contributed by atoms with Crippen LogP contribution in [0.15, 0.2) is 0 Å². The standard InChI is InChI=1S/C12H26N2O2S2/c1-3-17-9-7-11(2)14-18(15,16)10-12-6-4-5-8-13-12/h11-14H,3-10H2,1-2H3. The molecule has 0 aromatic rings. The van der Waals surface area contributed by atoms with Crippen molar-refractivity contribution in [2.24, 2.45) is 0 Å². The van der Waals surface area contributed by atoms with E-state index in [0.29, 0.717) is 0 Å². The molecular formula is C12H26N2O2S2. The number of sulfonamides is 1. The molecule has 2 atom stereocenters. The molecule has 1 aliphatic rings. The highest BCUT2D eigenvalue weighted by atomic mass is 32.2. The Kier molecular flexibility index (Phi) is 7.60. The van der Waals surface area contributed by atoms with Crippen molar-refractivity contribution in [3.63, 3.8) is 0 Å². The first kappa shape index (κ1) is 16.3. The second-order valence-electron chi connectivity index (χ2n) is 4.93. The van der Waals surface area contributed by atoms with Gasteiger partial charge < -0.3 is 5.32 Å². The Morgan fingerprint density at radius 1 is 1.44 bits per heavy atom. The van der Waals surface area contributed by atoms with Crippen LogP contribution in [0.3, 0.4) is 0 Å². The first-order valence-electron chi connectivity index (χ1n) is 6.84. The minimum atomic E-state index is -3.14. The van der Waals surface area contributed by atoms with Crippen LogP contribution in [-0.2, 0) is 10.0 Å². The van der Waals surface area contributed by atoms with Crippen molar-refractivity contribution < 1.29 is 8.42 Å². The minimum Gasteiger partial charge on any atom is -0.313 e. The summed E-state index contributed by atoms with van der Waals surface area (Å²) in [4.78, 5) is 0. The van der Waals surface area contributed by atoms with Gasteiger partial charge in [0.15, 0.2) is 0 Å². The van der Waals surface area contributed by atoms with E-state index in [1.54, 1.807) is 0 Å². The largest absolute Gasteiger partial charge is 0.313 e. The van der Waals surface area contributed by atoms with Crippen LogP contribution in [0.1, 0.15) is 39.5 Å². The Hall–Kier alpha value is 0.220. The van der Waals surface area contributed by atoms with Gasteiger partial charge in [0.05, 0.1) is 5.75 Å². The average molecular weight is 294 g/mol. The smallest absolute Gasteiger partial charge is 0.213 e. The fraction of sp³-hybridized carbons (Fsp3) is 1.00. The lowest BCUT2D eigenvalue weighted by Crippen LogP contribution is -2.44. The third kappa shape index (κ3) is 6.97. The monoisotopic (exact) mass is 294 g/mol. The van der Waals surface area contributed by atoms with E-state index in [9.17, 15) is 8.42 Å². The minimum absolute atomic E-state index is 0.0395. The number of piperidine rings is 1. The molecule has 1 heterocycles. The van der Waals surface area contributed by atoms with E-state index < -0.39 is 10.0 Å². The molecule has 0 aromatic carbocycles. The van der Waals surface area contributed by atoms with Crippen LogP contribution in [-0.4, -0.2) is 44.3 Å². The van der Waals surface area contributed by atoms with Crippen molar-refractivity contribution in [1.82, 2.24) is 10.0 Å². The van der Waals surface area contributed by atoms with E-state index in [4.69, 9.17) is 0 Å². The lowest BCUT2D eigenvalue weighted by molar-refractivity contribution is 0.421. The molecule has 0 amide bonds. The van der Waals surface area contributed by atoms with Crippen LogP contribution in [0.4, 0.5) is 0 Å². The molecular weight excluding hydrogens is 268 g/mol. The highest BCUT2D eigenvalue weighted by molar-refractivity contribution is 7.99.